The second kappa shape index (κ2) is 5.65. The number of nitrogens with two attached hydrogens (primary N) is 1. The number of hydrogen-bond acceptors (Lipinski definition) is 5. The van der Waals surface area contributed by atoms with Gasteiger partial charge in [0.2, 0.25) is 5.91 Å². The number of nitrogens with zero attached hydrogens (tertiary/aromatic N) is 1. The van der Waals surface area contributed by atoms with Crippen molar-refractivity contribution in [2.75, 3.05) is 16.8 Å². The molecule has 0 aliphatic carbocycles. The topological polar surface area (TPSA) is 68.0 Å². The van der Waals surface area contributed by atoms with Crippen molar-refractivity contribution in [3.05, 3.63) is 11.1 Å². The van der Waals surface area contributed by atoms with Crippen LogP contribution in [0.4, 0.5) is 5.13 Å². The highest BCUT2D eigenvalue weighted by Crippen LogP contribution is 2.15. The SMILES string of the molecule is Cc1csc(NC(=O)CSCC(C)(C)N)n1. The lowest BCUT2D eigenvalue weighted by Gasteiger charge is -2.16. The van der Waals surface area contributed by atoms with Gasteiger partial charge in [0, 0.05) is 16.7 Å². The van der Waals surface area contributed by atoms with E-state index >= 15 is 0 Å². The van der Waals surface area contributed by atoms with Crippen LogP contribution >= 0.6 is 23.1 Å². The van der Waals surface area contributed by atoms with E-state index < -0.39 is 0 Å². The molecule has 0 saturated carbocycles. The summed E-state index contributed by atoms with van der Waals surface area (Å²) in [7, 11) is 0. The van der Waals surface area contributed by atoms with Crippen molar-refractivity contribution in [1.82, 2.24) is 4.98 Å². The molecule has 0 saturated heterocycles. The van der Waals surface area contributed by atoms with Gasteiger partial charge in [-0.3, -0.25) is 4.79 Å². The molecule has 0 radical (unpaired) electrons. The fraction of sp³-hybridized carbons (Fsp3) is 0.600. The molecule has 0 aliphatic heterocycles. The van der Waals surface area contributed by atoms with E-state index in [-0.39, 0.29) is 11.4 Å². The predicted molar refractivity (Wildman–Crippen MR) is 71.1 cm³/mol. The van der Waals surface area contributed by atoms with Gasteiger partial charge in [0.25, 0.3) is 0 Å². The molecule has 3 N–H and O–H groups in total. The van der Waals surface area contributed by atoms with E-state index in [0.29, 0.717) is 10.9 Å². The quantitative estimate of drug-likeness (QED) is 0.847. The van der Waals surface area contributed by atoms with Crippen LogP contribution < -0.4 is 11.1 Å². The number of hydrogen-bond donors (Lipinski definition) is 2. The number of thioether (sulfide) groups is 1. The number of aryl methyl sites for hydroxylation is 1. The molecule has 0 aromatic carbocycles. The Hall–Kier alpha value is -0.590. The molecule has 0 unspecified atom stereocenters. The van der Waals surface area contributed by atoms with Gasteiger partial charge in [-0.2, -0.15) is 11.8 Å². The largest absolute Gasteiger partial charge is 0.325 e. The van der Waals surface area contributed by atoms with Gasteiger partial charge in [-0.15, -0.1) is 11.3 Å². The zero-order valence-corrected chi connectivity index (χ0v) is 11.4. The smallest absolute Gasteiger partial charge is 0.236 e. The van der Waals surface area contributed by atoms with Gasteiger partial charge in [0.15, 0.2) is 5.13 Å². The average molecular weight is 259 g/mol. The highest BCUT2D eigenvalue weighted by Gasteiger charge is 2.12. The van der Waals surface area contributed by atoms with Crippen molar-refractivity contribution in [1.29, 1.82) is 0 Å². The molecule has 0 atom stereocenters. The zero-order chi connectivity index (χ0) is 12.2. The van der Waals surface area contributed by atoms with Gasteiger partial charge in [0.05, 0.1) is 11.4 Å². The molecule has 1 amide bonds. The summed E-state index contributed by atoms with van der Waals surface area (Å²) >= 11 is 2.97. The Kier molecular flexibility index (Phi) is 4.76. The van der Waals surface area contributed by atoms with E-state index in [1.807, 2.05) is 26.2 Å². The van der Waals surface area contributed by atoms with Crippen LogP contribution in [0.5, 0.6) is 0 Å². The monoisotopic (exact) mass is 259 g/mol. The number of aromatic nitrogens is 1. The summed E-state index contributed by atoms with van der Waals surface area (Å²) in [5, 5.41) is 5.33. The van der Waals surface area contributed by atoms with Crippen LogP contribution in [0, 0.1) is 6.92 Å². The van der Waals surface area contributed by atoms with E-state index in [1.54, 1.807) is 0 Å². The maximum absolute atomic E-state index is 11.5. The third kappa shape index (κ3) is 5.48. The molecule has 4 nitrogen and oxygen atoms in total. The Labute approximate surface area is 104 Å². The van der Waals surface area contributed by atoms with E-state index in [0.717, 1.165) is 11.4 Å². The minimum Gasteiger partial charge on any atom is -0.325 e. The van der Waals surface area contributed by atoms with Crippen LogP contribution in [0.3, 0.4) is 0 Å². The standard InChI is InChI=1S/C10H17N3OS2/c1-7-4-16-9(12-7)13-8(14)5-15-6-10(2,3)11/h4H,5-6,11H2,1-3H3,(H,12,13,14). The minimum atomic E-state index is -0.233. The fourth-order valence-corrected chi connectivity index (χ4v) is 2.56. The Morgan fingerprint density at radius 2 is 2.38 bits per heavy atom. The van der Waals surface area contributed by atoms with Gasteiger partial charge in [-0.25, -0.2) is 4.98 Å². The molecule has 16 heavy (non-hydrogen) atoms. The maximum atomic E-state index is 11.5. The normalized spacial score (nSPS) is 11.5. The van der Waals surface area contributed by atoms with E-state index in [1.165, 1.54) is 23.1 Å². The third-order valence-corrected chi connectivity index (χ3v) is 3.86. The minimum absolute atomic E-state index is 0.0244. The molecule has 0 fully saturated rings. The highest BCUT2D eigenvalue weighted by atomic mass is 32.2. The van der Waals surface area contributed by atoms with Gasteiger partial charge in [-0.1, -0.05) is 0 Å². The number of rotatable bonds is 5. The van der Waals surface area contributed by atoms with Gasteiger partial charge in [-0.05, 0) is 20.8 Å². The molecule has 0 aliphatic rings. The third-order valence-electron chi connectivity index (χ3n) is 1.57. The first-order valence-corrected chi connectivity index (χ1v) is 6.99. The van der Waals surface area contributed by atoms with Crippen LogP contribution in [0.2, 0.25) is 0 Å². The van der Waals surface area contributed by atoms with Crippen LogP contribution in [0.15, 0.2) is 5.38 Å². The van der Waals surface area contributed by atoms with Crippen LogP contribution in [-0.4, -0.2) is 27.9 Å². The number of carbonyl (C=O) groups is 1. The first-order chi connectivity index (χ1) is 7.37. The van der Waals surface area contributed by atoms with Crippen LogP contribution in [-0.2, 0) is 4.79 Å². The van der Waals surface area contributed by atoms with Crippen molar-refractivity contribution in [3.8, 4) is 0 Å². The molecule has 0 spiro atoms. The number of thiazole rings is 1. The molecule has 0 bridgehead atoms. The Morgan fingerprint density at radius 1 is 1.69 bits per heavy atom. The first kappa shape index (κ1) is 13.5. The second-order valence-corrected chi connectivity index (χ2v) is 6.17. The van der Waals surface area contributed by atoms with E-state index in [2.05, 4.69) is 10.3 Å². The number of amides is 1. The van der Waals surface area contributed by atoms with Crippen molar-refractivity contribution in [2.45, 2.75) is 26.3 Å². The van der Waals surface area contributed by atoms with Crippen LogP contribution in [0.25, 0.3) is 0 Å². The molecule has 1 heterocycles. The lowest BCUT2D eigenvalue weighted by Crippen LogP contribution is -2.35. The number of nitrogens with one attached hydrogen (secondary N) is 1. The van der Waals surface area contributed by atoms with Gasteiger partial charge in [0.1, 0.15) is 0 Å². The lowest BCUT2D eigenvalue weighted by atomic mass is 10.1. The molecule has 6 heteroatoms. The summed E-state index contributed by atoms with van der Waals surface area (Å²) in [6.07, 6.45) is 0. The molecular weight excluding hydrogens is 242 g/mol. The lowest BCUT2D eigenvalue weighted by molar-refractivity contribution is -0.113. The first-order valence-electron chi connectivity index (χ1n) is 4.95. The summed E-state index contributed by atoms with van der Waals surface area (Å²) < 4.78 is 0. The van der Waals surface area contributed by atoms with Crippen molar-refractivity contribution >= 4 is 34.1 Å². The zero-order valence-electron chi connectivity index (χ0n) is 9.74. The Balaban J connectivity index is 2.26. The van der Waals surface area contributed by atoms with Crippen molar-refractivity contribution in [2.24, 2.45) is 5.73 Å². The molecule has 1 aromatic heterocycles. The summed E-state index contributed by atoms with van der Waals surface area (Å²) in [6, 6.07) is 0. The highest BCUT2D eigenvalue weighted by molar-refractivity contribution is 8.00. The van der Waals surface area contributed by atoms with Crippen LogP contribution in [0.1, 0.15) is 19.5 Å². The Bertz CT molecular complexity index is 357. The summed E-state index contributed by atoms with van der Waals surface area (Å²) in [5.74, 6) is 1.15. The molecule has 1 aromatic rings. The van der Waals surface area contributed by atoms with E-state index in [9.17, 15) is 4.79 Å². The predicted octanol–water partition coefficient (Wildman–Crippen LogP) is 1.86. The maximum Gasteiger partial charge on any atom is 0.236 e. The average Bonchev–Trinajstić information content (AvgIpc) is 2.48. The Morgan fingerprint density at radius 3 is 2.88 bits per heavy atom. The second-order valence-electron chi connectivity index (χ2n) is 4.32. The summed E-state index contributed by atoms with van der Waals surface area (Å²) in [4.78, 5) is 15.7. The van der Waals surface area contributed by atoms with Crippen molar-refractivity contribution in [3.63, 3.8) is 0 Å². The number of anilines is 1. The summed E-state index contributed by atoms with van der Waals surface area (Å²) in [5.41, 5.74) is 6.51. The van der Waals surface area contributed by atoms with Crippen molar-refractivity contribution < 1.29 is 4.79 Å². The van der Waals surface area contributed by atoms with Gasteiger partial charge < -0.3 is 11.1 Å². The molecule has 90 valence electrons. The summed E-state index contributed by atoms with van der Waals surface area (Å²) in [6.45, 7) is 5.79. The molecular formula is C10H17N3OS2. The fourth-order valence-electron chi connectivity index (χ4n) is 0.974. The van der Waals surface area contributed by atoms with Gasteiger partial charge >= 0.3 is 0 Å². The van der Waals surface area contributed by atoms with E-state index in [4.69, 9.17) is 5.73 Å². The number of carbonyl (C=O) groups excluding carboxylic acids is 1. The molecule has 1 rings (SSSR count).